The van der Waals surface area contributed by atoms with Crippen molar-refractivity contribution in [2.75, 3.05) is 20.6 Å². The molecule has 3 nitrogen and oxygen atoms in total. The standard InChI is InChI=1S/C27H28N2O/c1-28(2)21-25-26(30)19-12-20-29(25)27(22-13-6-3-7-14-22,23-15-8-4-9-16-23)24-17-10-5-11-18-24/h3-11,13-18,21H,12,19-20H2,1-2H3. The quantitative estimate of drug-likeness (QED) is 0.446. The first-order valence-electron chi connectivity index (χ1n) is 10.5. The Hall–Kier alpha value is -3.33. The predicted molar refractivity (Wildman–Crippen MR) is 122 cm³/mol. The molecule has 0 saturated carbocycles. The lowest BCUT2D eigenvalue weighted by Gasteiger charge is -2.49. The van der Waals surface area contributed by atoms with Crippen molar-refractivity contribution in [1.29, 1.82) is 0 Å². The van der Waals surface area contributed by atoms with Gasteiger partial charge in [0.2, 0.25) is 0 Å². The lowest BCUT2D eigenvalue weighted by Crippen LogP contribution is -2.51. The average Bonchev–Trinajstić information content (AvgIpc) is 2.78. The average molecular weight is 397 g/mol. The summed E-state index contributed by atoms with van der Waals surface area (Å²) in [6.07, 6.45) is 3.41. The zero-order valence-electron chi connectivity index (χ0n) is 17.7. The molecule has 0 aliphatic carbocycles. The smallest absolute Gasteiger partial charge is 0.180 e. The van der Waals surface area contributed by atoms with Crippen molar-refractivity contribution in [3.05, 3.63) is 120 Å². The third-order valence-electron chi connectivity index (χ3n) is 5.72. The SMILES string of the molecule is CN(C)C=C1C(=O)CCCN1C(c1ccccc1)(c1ccccc1)c1ccccc1. The van der Waals surface area contributed by atoms with Crippen molar-refractivity contribution < 1.29 is 4.79 Å². The molecular formula is C27H28N2O. The van der Waals surface area contributed by atoms with Gasteiger partial charge in [0.25, 0.3) is 0 Å². The van der Waals surface area contributed by atoms with Crippen molar-refractivity contribution in [2.24, 2.45) is 0 Å². The summed E-state index contributed by atoms with van der Waals surface area (Å²) in [4.78, 5) is 17.4. The van der Waals surface area contributed by atoms with Gasteiger partial charge in [-0.2, -0.15) is 0 Å². The van der Waals surface area contributed by atoms with Crippen LogP contribution in [0.15, 0.2) is 103 Å². The van der Waals surface area contributed by atoms with Crippen LogP contribution in [-0.4, -0.2) is 36.2 Å². The minimum atomic E-state index is -0.596. The molecule has 3 aromatic rings. The van der Waals surface area contributed by atoms with Crippen LogP contribution in [0.1, 0.15) is 29.5 Å². The molecule has 0 spiro atoms. The summed E-state index contributed by atoms with van der Waals surface area (Å²) in [5.74, 6) is 0.196. The van der Waals surface area contributed by atoms with Crippen molar-refractivity contribution in [3.8, 4) is 0 Å². The van der Waals surface area contributed by atoms with E-state index in [-0.39, 0.29) is 5.78 Å². The van der Waals surface area contributed by atoms with Gasteiger partial charge in [-0.1, -0.05) is 91.0 Å². The Bertz CT molecular complexity index is 914. The van der Waals surface area contributed by atoms with Crippen LogP contribution in [0.4, 0.5) is 0 Å². The Balaban J connectivity index is 2.08. The highest BCUT2D eigenvalue weighted by molar-refractivity contribution is 5.95. The second kappa shape index (κ2) is 8.58. The van der Waals surface area contributed by atoms with Gasteiger partial charge in [-0.15, -0.1) is 0 Å². The van der Waals surface area contributed by atoms with Crippen molar-refractivity contribution in [2.45, 2.75) is 18.4 Å². The number of nitrogens with zero attached hydrogens (tertiary/aromatic N) is 2. The minimum Gasteiger partial charge on any atom is -0.382 e. The maximum Gasteiger partial charge on any atom is 0.180 e. The van der Waals surface area contributed by atoms with E-state index in [1.807, 2.05) is 43.4 Å². The molecule has 1 aliphatic heterocycles. The van der Waals surface area contributed by atoms with E-state index in [1.165, 1.54) is 0 Å². The predicted octanol–water partition coefficient (Wildman–Crippen LogP) is 5.05. The summed E-state index contributed by atoms with van der Waals surface area (Å²) in [6.45, 7) is 0.810. The number of carbonyl (C=O) groups excluding carboxylic acids is 1. The van der Waals surface area contributed by atoms with Gasteiger partial charge in [0.1, 0.15) is 5.54 Å². The Morgan fingerprint density at radius 2 is 1.20 bits per heavy atom. The number of rotatable bonds is 5. The summed E-state index contributed by atoms with van der Waals surface area (Å²) >= 11 is 0. The Labute approximate surface area is 179 Å². The molecule has 0 atom stereocenters. The molecule has 1 heterocycles. The first-order chi connectivity index (χ1) is 14.6. The number of hydrogen-bond donors (Lipinski definition) is 0. The zero-order valence-corrected chi connectivity index (χ0v) is 17.7. The van der Waals surface area contributed by atoms with E-state index in [4.69, 9.17) is 0 Å². The van der Waals surface area contributed by atoms with Gasteiger partial charge in [0.05, 0.1) is 5.70 Å². The van der Waals surface area contributed by atoms with Gasteiger partial charge < -0.3 is 9.80 Å². The molecule has 0 bridgehead atoms. The molecule has 3 aromatic carbocycles. The van der Waals surface area contributed by atoms with Crippen molar-refractivity contribution in [1.82, 2.24) is 9.80 Å². The highest BCUT2D eigenvalue weighted by Crippen LogP contribution is 2.45. The van der Waals surface area contributed by atoms with Gasteiger partial charge in [-0.3, -0.25) is 4.79 Å². The number of carbonyl (C=O) groups is 1. The molecule has 30 heavy (non-hydrogen) atoms. The number of hydrogen-bond acceptors (Lipinski definition) is 3. The van der Waals surface area contributed by atoms with E-state index in [1.54, 1.807) is 0 Å². The minimum absolute atomic E-state index is 0.196. The molecule has 4 rings (SSSR count). The third kappa shape index (κ3) is 3.52. The summed E-state index contributed by atoms with van der Waals surface area (Å²) in [7, 11) is 3.95. The first kappa shape index (κ1) is 20.0. The molecule has 152 valence electrons. The molecule has 1 fully saturated rings. The van der Waals surface area contributed by atoms with E-state index in [2.05, 4.69) is 77.7 Å². The number of Topliss-reactive ketones (excluding diaryl/α,β-unsaturated/α-hetero) is 1. The van der Waals surface area contributed by atoms with E-state index in [0.29, 0.717) is 6.42 Å². The van der Waals surface area contributed by atoms with E-state index in [0.717, 1.165) is 35.4 Å². The number of ketones is 1. The fourth-order valence-electron chi connectivity index (χ4n) is 4.54. The molecule has 1 saturated heterocycles. The van der Waals surface area contributed by atoms with Crippen LogP contribution < -0.4 is 0 Å². The van der Waals surface area contributed by atoms with Crippen LogP contribution in [-0.2, 0) is 10.3 Å². The van der Waals surface area contributed by atoms with Gasteiger partial charge in [-0.25, -0.2) is 0 Å². The summed E-state index contributed by atoms with van der Waals surface area (Å²) in [5.41, 5.74) is 3.63. The fraction of sp³-hybridized carbons (Fsp3) is 0.222. The largest absolute Gasteiger partial charge is 0.382 e. The van der Waals surface area contributed by atoms with Gasteiger partial charge in [-0.05, 0) is 23.1 Å². The number of benzene rings is 3. The van der Waals surface area contributed by atoms with Crippen molar-refractivity contribution in [3.63, 3.8) is 0 Å². The number of allylic oxidation sites excluding steroid dienone is 1. The molecule has 0 N–H and O–H groups in total. The third-order valence-corrected chi connectivity index (χ3v) is 5.72. The number of piperidine rings is 1. The summed E-state index contributed by atoms with van der Waals surface area (Å²) in [6, 6.07) is 31.7. The fourth-order valence-corrected chi connectivity index (χ4v) is 4.54. The van der Waals surface area contributed by atoms with Crippen LogP contribution in [0.25, 0.3) is 0 Å². The number of likely N-dealkylation sites (tertiary alicyclic amines) is 1. The molecule has 0 aromatic heterocycles. The first-order valence-corrected chi connectivity index (χ1v) is 10.5. The van der Waals surface area contributed by atoms with Gasteiger partial charge in [0, 0.05) is 33.3 Å². The van der Waals surface area contributed by atoms with Crippen LogP contribution in [0.2, 0.25) is 0 Å². The molecule has 0 unspecified atom stereocenters. The molecule has 3 heteroatoms. The maximum absolute atomic E-state index is 13.1. The van der Waals surface area contributed by atoms with E-state index in [9.17, 15) is 4.79 Å². The maximum atomic E-state index is 13.1. The highest BCUT2D eigenvalue weighted by Gasteiger charge is 2.45. The van der Waals surface area contributed by atoms with E-state index < -0.39 is 5.54 Å². The monoisotopic (exact) mass is 396 g/mol. The van der Waals surface area contributed by atoms with Crippen LogP contribution >= 0.6 is 0 Å². The van der Waals surface area contributed by atoms with Crippen LogP contribution in [0, 0.1) is 0 Å². The second-order valence-electron chi connectivity index (χ2n) is 7.96. The Morgan fingerprint density at radius 3 is 1.60 bits per heavy atom. The zero-order chi connectivity index (χ0) is 21.0. The van der Waals surface area contributed by atoms with Crippen LogP contribution in [0.3, 0.4) is 0 Å². The molecule has 0 amide bonds. The van der Waals surface area contributed by atoms with E-state index >= 15 is 0 Å². The molecule has 1 aliphatic rings. The Kier molecular flexibility index (Phi) is 5.71. The Morgan fingerprint density at radius 1 is 0.767 bits per heavy atom. The lowest BCUT2D eigenvalue weighted by molar-refractivity contribution is -0.119. The van der Waals surface area contributed by atoms with Gasteiger partial charge in [0.15, 0.2) is 5.78 Å². The second-order valence-corrected chi connectivity index (χ2v) is 7.96. The lowest BCUT2D eigenvalue weighted by atomic mass is 9.74. The van der Waals surface area contributed by atoms with Gasteiger partial charge >= 0.3 is 0 Å². The normalized spacial score (nSPS) is 16.0. The highest BCUT2D eigenvalue weighted by atomic mass is 16.1. The summed E-state index contributed by atoms with van der Waals surface area (Å²) < 4.78 is 0. The topological polar surface area (TPSA) is 23.6 Å². The summed E-state index contributed by atoms with van der Waals surface area (Å²) in [5, 5.41) is 0. The van der Waals surface area contributed by atoms with Crippen LogP contribution in [0.5, 0.6) is 0 Å². The van der Waals surface area contributed by atoms with Crippen molar-refractivity contribution >= 4 is 5.78 Å². The molecule has 0 radical (unpaired) electrons. The molecular weight excluding hydrogens is 368 g/mol.